The van der Waals surface area contributed by atoms with Gasteiger partial charge in [0, 0.05) is 9.92 Å². The number of benzene rings is 2. The SMILES string of the molecule is CSc1ccc(/C=C2/NC(=O)N(c3ccc(Cl)cc3)C2=O)cc1. The molecular formula is C17H13ClN2O2S. The van der Waals surface area contributed by atoms with E-state index in [4.69, 9.17) is 11.6 Å². The molecule has 1 fully saturated rings. The van der Waals surface area contributed by atoms with E-state index in [1.165, 1.54) is 0 Å². The molecule has 116 valence electrons. The van der Waals surface area contributed by atoms with Gasteiger partial charge in [-0.1, -0.05) is 23.7 Å². The van der Waals surface area contributed by atoms with Crippen LogP contribution in [0.1, 0.15) is 5.56 Å². The Morgan fingerprint density at radius 2 is 1.70 bits per heavy atom. The average Bonchev–Trinajstić information content (AvgIpc) is 2.83. The fourth-order valence-corrected chi connectivity index (χ4v) is 2.76. The molecule has 2 aromatic rings. The molecule has 3 rings (SSSR count). The molecule has 1 saturated heterocycles. The summed E-state index contributed by atoms with van der Waals surface area (Å²) in [4.78, 5) is 26.8. The summed E-state index contributed by atoms with van der Waals surface area (Å²) in [7, 11) is 0. The summed E-state index contributed by atoms with van der Waals surface area (Å²) in [6.07, 6.45) is 3.67. The zero-order valence-corrected chi connectivity index (χ0v) is 13.8. The fourth-order valence-electron chi connectivity index (χ4n) is 2.23. The largest absolute Gasteiger partial charge is 0.333 e. The Balaban J connectivity index is 1.88. The normalized spacial score (nSPS) is 16.1. The van der Waals surface area contributed by atoms with Crippen molar-refractivity contribution in [2.24, 2.45) is 0 Å². The van der Waals surface area contributed by atoms with Gasteiger partial charge in [-0.05, 0) is 54.3 Å². The van der Waals surface area contributed by atoms with Gasteiger partial charge in [0.2, 0.25) is 0 Å². The number of thioether (sulfide) groups is 1. The molecule has 0 bridgehead atoms. The van der Waals surface area contributed by atoms with Crippen LogP contribution in [0.2, 0.25) is 5.02 Å². The molecule has 3 amide bonds. The van der Waals surface area contributed by atoms with Crippen molar-refractivity contribution in [1.29, 1.82) is 0 Å². The maximum absolute atomic E-state index is 12.5. The van der Waals surface area contributed by atoms with Crippen molar-refractivity contribution >= 4 is 47.1 Å². The second-order valence-corrected chi connectivity index (χ2v) is 6.19. The summed E-state index contributed by atoms with van der Waals surface area (Å²) in [6, 6.07) is 13.8. The van der Waals surface area contributed by atoms with Gasteiger partial charge in [0.05, 0.1) is 5.69 Å². The van der Waals surface area contributed by atoms with Gasteiger partial charge in [-0.15, -0.1) is 11.8 Å². The van der Waals surface area contributed by atoms with E-state index in [9.17, 15) is 9.59 Å². The molecule has 1 heterocycles. The first-order valence-corrected chi connectivity index (χ1v) is 8.45. The number of amides is 3. The molecule has 0 saturated carbocycles. The van der Waals surface area contributed by atoms with Crippen LogP contribution in [0.4, 0.5) is 10.5 Å². The van der Waals surface area contributed by atoms with Gasteiger partial charge in [-0.25, -0.2) is 9.69 Å². The third kappa shape index (κ3) is 3.25. The fraction of sp³-hybridized carbons (Fsp3) is 0.0588. The molecule has 0 spiro atoms. The Morgan fingerprint density at radius 1 is 1.04 bits per heavy atom. The molecule has 0 atom stereocenters. The minimum absolute atomic E-state index is 0.252. The molecule has 0 radical (unpaired) electrons. The number of carbonyl (C=O) groups excluding carboxylic acids is 2. The Bertz CT molecular complexity index is 785. The van der Waals surface area contributed by atoms with Crippen LogP contribution < -0.4 is 10.2 Å². The van der Waals surface area contributed by atoms with Gasteiger partial charge in [-0.3, -0.25) is 4.79 Å². The summed E-state index contributed by atoms with van der Waals surface area (Å²) < 4.78 is 0. The van der Waals surface area contributed by atoms with Crippen molar-refractivity contribution in [3.8, 4) is 0 Å². The third-order valence-electron chi connectivity index (χ3n) is 3.39. The monoisotopic (exact) mass is 344 g/mol. The Hall–Kier alpha value is -2.24. The van der Waals surface area contributed by atoms with Crippen molar-refractivity contribution in [2.75, 3.05) is 11.2 Å². The number of rotatable bonds is 3. The van der Waals surface area contributed by atoms with Gasteiger partial charge in [0.25, 0.3) is 5.91 Å². The van der Waals surface area contributed by atoms with Crippen LogP contribution in [-0.2, 0) is 4.79 Å². The van der Waals surface area contributed by atoms with Crippen molar-refractivity contribution in [2.45, 2.75) is 4.90 Å². The van der Waals surface area contributed by atoms with E-state index in [2.05, 4.69) is 5.32 Å². The predicted octanol–water partition coefficient (Wildman–Crippen LogP) is 4.16. The van der Waals surface area contributed by atoms with Crippen LogP contribution in [0, 0.1) is 0 Å². The lowest BCUT2D eigenvalue weighted by Gasteiger charge is -2.11. The van der Waals surface area contributed by atoms with E-state index in [1.807, 2.05) is 30.5 Å². The summed E-state index contributed by atoms with van der Waals surface area (Å²) in [5.41, 5.74) is 1.59. The van der Waals surface area contributed by atoms with Crippen LogP contribution in [-0.4, -0.2) is 18.2 Å². The summed E-state index contributed by atoms with van der Waals surface area (Å²) in [5.74, 6) is -0.383. The van der Waals surface area contributed by atoms with Gasteiger partial charge >= 0.3 is 6.03 Å². The highest BCUT2D eigenvalue weighted by Gasteiger charge is 2.34. The van der Waals surface area contributed by atoms with Crippen LogP contribution in [0.3, 0.4) is 0 Å². The molecule has 1 aliphatic heterocycles. The maximum atomic E-state index is 12.5. The van der Waals surface area contributed by atoms with E-state index < -0.39 is 6.03 Å². The van der Waals surface area contributed by atoms with Crippen LogP contribution in [0.15, 0.2) is 59.1 Å². The Morgan fingerprint density at radius 3 is 2.30 bits per heavy atom. The van der Waals surface area contributed by atoms with Gasteiger partial charge < -0.3 is 5.32 Å². The van der Waals surface area contributed by atoms with Crippen LogP contribution >= 0.6 is 23.4 Å². The van der Waals surface area contributed by atoms with E-state index in [1.54, 1.807) is 42.1 Å². The standard InChI is InChI=1S/C17H13ClN2O2S/c1-23-14-8-2-11(3-9-14)10-15-16(21)20(17(22)19-15)13-6-4-12(18)5-7-13/h2-10H,1H3,(H,19,22)/b15-10+. The van der Waals surface area contributed by atoms with E-state index in [-0.39, 0.29) is 11.6 Å². The quantitative estimate of drug-likeness (QED) is 0.516. The number of hydrogen-bond donors (Lipinski definition) is 1. The summed E-state index contributed by atoms with van der Waals surface area (Å²) in [5, 5.41) is 3.15. The number of anilines is 1. The molecule has 1 aliphatic rings. The van der Waals surface area contributed by atoms with Crippen molar-refractivity contribution in [3.63, 3.8) is 0 Å². The lowest BCUT2D eigenvalue weighted by Crippen LogP contribution is -2.30. The first kappa shape index (κ1) is 15.6. The number of hydrogen-bond acceptors (Lipinski definition) is 3. The number of carbonyl (C=O) groups is 2. The third-order valence-corrected chi connectivity index (χ3v) is 4.39. The molecule has 2 aromatic carbocycles. The summed E-state index contributed by atoms with van der Waals surface area (Å²) >= 11 is 7.48. The lowest BCUT2D eigenvalue weighted by molar-refractivity contribution is -0.113. The molecule has 0 aliphatic carbocycles. The molecule has 0 aromatic heterocycles. The minimum atomic E-state index is -0.468. The molecule has 0 unspecified atom stereocenters. The van der Waals surface area contributed by atoms with Crippen molar-refractivity contribution < 1.29 is 9.59 Å². The predicted molar refractivity (Wildman–Crippen MR) is 93.7 cm³/mol. The number of nitrogens with one attached hydrogen (secondary N) is 1. The van der Waals surface area contributed by atoms with E-state index in [0.717, 1.165) is 15.4 Å². The minimum Gasteiger partial charge on any atom is -0.302 e. The van der Waals surface area contributed by atoms with Crippen LogP contribution in [0.5, 0.6) is 0 Å². The van der Waals surface area contributed by atoms with Crippen molar-refractivity contribution in [1.82, 2.24) is 5.32 Å². The smallest absolute Gasteiger partial charge is 0.302 e. The second-order valence-electron chi connectivity index (χ2n) is 4.88. The maximum Gasteiger partial charge on any atom is 0.333 e. The zero-order chi connectivity index (χ0) is 16.4. The molecule has 6 heteroatoms. The number of halogens is 1. The highest BCUT2D eigenvalue weighted by molar-refractivity contribution is 7.98. The zero-order valence-electron chi connectivity index (χ0n) is 12.2. The molecule has 23 heavy (non-hydrogen) atoms. The highest BCUT2D eigenvalue weighted by Crippen LogP contribution is 2.24. The average molecular weight is 345 g/mol. The van der Waals surface area contributed by atoms with Crippen molar-refractivity contribution in [3.05, 3.63) is 64.8 Å². The first-order chi connectivity index (χ1) is 11.1. The Labute approximate surface area is 143 Å². The van der Waals surface area contributed by atoms with E-state index in [0.29, 0.717) is 10.7 Å². The van der Waals surface area contributed by atoms with E-state index >= 15 is 0 Å². The van der Waals surface area contributed by atoms with Crippen LogP contribution in [0.25, 0.3) is 6.08 Å². The molecule has 4 nitrogen and oxygen atoms in total. The molecular weight excluding hydrogens is 332 g/mol. The second kappa shape index (κ2) is 6.48. The summed E-state index contributed by atoms with van der Waals surface area (Å²) in [6.45, 7) is 0. The van der Waals surface area contributed by atoms with Gasteiger partial charge in [0.1, 0.15) is 5.70 Å². The highest BCUT2D eigenvalue weighted by atomic mass is 35.5. The lowest BCUT2D eigenvalue weighted by atomic mass is 10.2. The van der Waals surface area contributed by atoms with Gasteiger partial charge in [-0.2, -0.15) is 0 Å². The Kier molecular flexibility index (Phi) is 4.41. The number of urea groups is 1. The first-order valence-electron chi connectivity index (χ1n) is 6.85. The number of nitrogens with zero attached hydrogens (tertiary/aromatic N) is 1. The van der Waals surface area contributed by atoms with Gasteiger partial charge in [0.15, 0.2) is 0 Å². The molecule has 1 N–H and O–H groups in total. The number of imide groups is 1. The topological polar surface area (TPSA) is 49.4 Å².